The van der Waals surface area contributed by atoms with Gasteiger partial charge in [-0.05, 0) is 22.9 Å². The fraction of sp³-hybridized carbons (Fsp3) is 0.250. The third-order valence-corrected chi connectivity index (χ3v) is 2.26. The van der Waals surface area contributed by atoms with E-state index in [4.69, 9.17) is 0 Å². The molecule has 7 heteroatoms. The van der Waals surface area contributed by atoms with Gasteiger partial charge in [-0.3, -0.25) is 0 Å². The van der Waals surface area contributed by atoms with Crippen LogP contribution in [0.1, 0.15) is 6.92 Å². The second-order valence-electron chi connectivity index (χ2n) is 2.74. The van der Waals surface area contributed by atoms with E-state index >= 15 is 0 Å². The van der Waals surface area contributed by atoms with Crippen LogP contribution in [0.3, 0.4) is 0 Å². The zero-order valence-corrected chi connectivity index (χ0v) is 9.64. The summed E-state index contributed by atoms with van der Waals surface area (Å²) in [6.45, 7) is 2.76. The lowest BCUT2D eigenvalue weighted by Crippen LogP contribution is -2.06. The predicted molar refractivity (Wildman–Crippen MR) is 58.8 cm³/mol. The normalized spacial score (nSPS) is 10.3. The first kappa shape index (κ1) is 10.0. The monoisotopic (exact) mass is 268 g/mol. The molecule has 0 unspecified atom stereocenters. The number of anilines is 1. The molecule has 0 radical (unpaired) electrons. The average molecular weight is 269 g/mol. The first-order valence-corrected chi connectivity index (χ1v) is 5.22. The molecule has 0 atom stereocenters. The van der Waals surface area contributed by atoms with E-state index in [2.05, 4.69) is 41.3 Å². The van der Waals surface area contributed by atoms with E-state index in [1.165, 1.54) is 6.33 Å². The molecule has 2 heterocycles. The van der Waals surface area contributed by atoms with Crippen LogP contribution in [0.5, 0.6) is 0 Å². The lowest BCUT2D eigenvalue weighted by molar-refractivity contribution is 0.832. The zero-order valence-electron chi connectivity index (χ0n) is 8.05. The Labute approximate surface area is 94.9 Å². The van der Waals surface area contributed by atoms with E-state index < -0.39 is 0 Å². The molecule has 0 aliphatic rings. The summed E-state index contributed by atoms with van der Waals surface area (Å²) in [4.78, 5) is 12.3. The second-order valence-corrected chi connectivity index (χ2v) is 3.59. The van der Waals surface area contributed by atoms with Crippen LogP contribution in [0.2, 0.25) is 0 Å². The Bertz CT molecular complexity index is 440. The van der Waals surface area contributed by atoms with Crippen molar-refractivity contribution in [2.24, 2.45) is 0 Å². The Hall–Kier alpha value is -1.50. The SMILES string of the molecule is CCNc1ncc(Br)c(-n2cncn2)n1. The minimum atomic E-state index is 0.575. The summed E-state index contributed by atoms with van der Waals surface area (Å²) in [7, 11) is 0. The third-order valence-electron chi connectivity index (χ3n) is 1.70. The van der Waals surface area contributed by atoms with Gasteiger partial charge in [0.15, 0.2) is 5.82 Å². The number of hydrogen-bond donors (Lipinski definition) is 1. The van der Waals surface area contributed by atoms with Gasteiger partial charge in [-0.1, -0.05) is 0 Å². The molecular weight excluding hydrogens is 260 g/mol. The summed E-state index contributed by atoms with van der Waals surface area (Å²) >= 11 is 3.36. The molecule has 0 fully saturated rings. The maximum atomic E-state index is 4.30. The van der Waals surface area contributed by atoms with Crippen LogP contribution in [0.4, 0.5) is 5.95 Å². The van der Waals surface area contributed by atoms with Crippen molar-refractivity contribution in [1.82, 2.24) is 24.7 Å². The molecule has 0 spiro atoms. The van der Waals surface area contributed by atoms with Gasteiger partial charge in [0.25, 0.3) is 0 Å². The number of rotatable bonds is 3. The van der Waals surface area contributed by atoms with Crippen LogP contribution in [0.15, 0.2) is 23.3 Å². The van der Waals surface area contributed by atoms with Crippen LogP contribution >= 0.6 is 15.9 Å². The predicted octanol–water partition coefficient (Wildman–Crippen LogP) is 1.25. The molecular formula is C8H9BrN6. The molecule has 15 heavy (non-hydrogen) atoms. The summed E-state index contributed by atoms with van der Waals surface area (Å²) in [5, 5.41) is 7.04. The van der Waals surface area contributed by atoms with Gasteiger partial charge in [0, 0.05) is 12.7 Å². The van der Waals surface area contributed by atoms with Crippen LogP contribution in [0.25, 0.3) is 5.82 Å². The fourth-order valence-electron chi connectivity index (χ4n) is 1.08. The van der Waals surface area contributed by atoms with Crippen molar-refractivity contribution < 1.29 is 0 Å². The summed E-state index contributed by atoms with van der Waals surface area (Å²) in [6, 6.07) is 0. The topological polar surface area (TPSA) is 68.5 Å². The standard InChI is InChI=1S/C8H9BrN6/c1-2-11-8-12-3-6(9)7(14-8)15-5-10-4-13-15/h3-5H,2H2,1H3,(H,11,12,14). The fourth-order valence-corrected chi connectivity index (χ4v) is 1.45. The van der Waals surface area contributed by atoms with Crippen molar-refractivity contribution in [1.29, 1.82) is 0 Å². The third kappa shape index (κ3) is 2.12. The minimum absolute atomic E-state index is 0.575. The quantitative estimate of drug-likeness (QED) is 0.908. The molecule has 0 saturated heterocycles. The number of nitrogens with zero attached hydrogens (tertiary/aromatic N) is 5. The molecule has 2 aromatic heterocycles. The van der Waals surface area contributed by atoms with Crippen LogP contribution in [0, 0.1) is 0 Å². The Kier molecular flexibility index (Phi) is 2.91. The molecule has 0 saturated carbocycles. The molecule has 2 aromatic rings. The van der Waals surface area contributed by atoms with E-state index in [9.17, 15) is 0 Å². The van der Waals surface area contributed by atoms with Crippen molar-refractivity contribution >= 4 is 21.9 Å². The summed E-state index contributed by atoms with van der Waals surface area (Å²) in [6.07, 6.45) is 4.73. The molecule has 6 nitrogen and oxygen atoms in total. The molecule has 0 aliphatic carbocycles. The average Bonchev–Trinajstić information content (AvgIpc) is 2.74. The van der Waals surface area contributed by atoms with Crippen LogP contribution < -0.4 is 5.32 Å². The first-order valence-electron chi connectivity index (χ1n) is 4.42. The van der Waals surface area contributed by atoms with E-state index in [0.717, 1.165) is 11.0 Å². The maximum absolute atomic E-state index is 4.30. The van der Waals surface area contributed by atoms with Gasteiger partial charge in [-0.15, -0.1) is 0 Å². The second kappa shape index (κ2) is 4.35. The lowest BCUT2D eigenvalue weighted by Gasteiger charge is -2.05. The Morgan fingerprint density at radius 1 is 1.53 bits per heavy atom. The van der Waals surface area contributed by atoms with Crippen molar-refractivity contribution in [3.63, 3.8) is 0 Å². The lowest BCUT2D eigenvalue weighted by atomic mass is 10.6. The number of hydrogen-bond acceptors (Lipinski definition) is 5. The van der Waals surface area contributed by atoms with E-state index in [1.807, 2.05) is 6.92 Å². The first-order chi connectivity index (χ1) is 7.31. The highest BCUT2D eigenvalue weighted by Gasteiger charge is 2.06. The molecule has 0 amide bonds. The van der Waals surface area contributed by atoms with E-state index in [-0.39, 0.29) is 0 Å². The Morgan fingerprint density at radius 2 is 2.40 bits per heavy atom. The van der Waals surface area contributed by atoms with Gasteiger partial charge in [0.2, 0.25) is 5.95 Å². The number of nitrogens with one attached hydrogen (secondary N) is 1. The largest absolute Gasteiger partial charge is 0.354 e. The van der Waals surface area contributed by atoms with Crippen molar-refractivity contribution in [2.45, 2.75) is 6.92 Å². The van der Waals surface area contributed by atoms with Crippen LogP contribution in [-0.2, 0) is 0 Å². The van der Waals surface area contributed by atoms with Crippen molar-refractivity contribution in [2.75, 3.05) is 11.9 Å². The highest BCUT2D eigenvalue weighted by molar-refractivity contribution is 9.10. The highest BCUT2D eigenvalue weighted by atomic mass is 79.9. The molecule has 78 valence electrons. The molecule has 1 N–H and O–H groups in total. The van der Waals surface area contributed by atoms with Crippen LogP contribution in [-0.4, -0.2) is 31.3 Å². The van der Waals surface area contributed by atoms with Gasteiger partial charge >= 0.3 is 0 Å². The Balaban J connectivity index is 2.41. The summed E-state index contributed by atoms with van der Waals surface area (Å²) < 4.78 is 2.35. The van der Waals surface area contributed by atoms with Gasteiger partial charge in [-0.25, -0.2) is 14.6 Å². The number of aromatic nitrogens is 5. The Morgan fingerprint density at radius 3 is 3.07 bits per heavy atom. The van der Waals surface area contributed by atoms with Crippen molar-refractivity contribution in [3.8, 4) is 5.82 Å². The zero-order chi connectivity index (χ0) is 10.7. The van der Waals surface area contributed by atoms with Gasteiger partial charge in [0.1, 0.15) is 12.7 Å². The van der Waals surface area contributed by atoms with Gasteiger partial charge in [-0.2, -0.15) is 10.1 Å². The van der Waals surface area contributed by atoms with E-state index in [1.54, 1.807) is 17.2 Å². The number of halogens is 1. The maximum Gasteiger partial charge on any atom is 0.224 e. The molecule has 0 aliphatic heterocycles. The molecule has 0 aromatic carbocycles. The summed E-state index contributed by atoms with van der Waals surface area (Å²) in [5.74, 6) is 1.24. The molecule has 2 rings (SSSR count). The van der Waals surface area contributed by atoms with Gasteiger partial charge < -0.3 is 5.32 Å². The summed E-state index contributed by atoms with van der Waals surface area (Å²) in [5.41, 5.74) is 0. The minimum Gasteiger partial charge on any atom is -0.354 e. The van der Waals surface area contributed by atoms with Gasteiger partial charge in [0.05, 0.1) is 4.47 Å². The smallest absolute Gasteiger partial charge is 0.224 e. The van der Waals surface area contributed by atoms with E-state index in [0.29, 0.717) is 11.8 Å². The van der Waals surface area contributed by atoms with Crippen molar-refractivity contribution in [3.05, 3.63) is 23.3 Å². The molecule has 0 bridgehead atoms. The highest BCUT2D eigenvalue weighted by Crippen LogP contribution is 2.17.